The highest BCUT2D eigenvalue weighted by Crippen LogP contribution is 2.32. The zero-order chi connectivity index (χ0) is 30.7. The molecule has 0 atom stereocenters. The van der Waals surface area contributed by atoms with Gasteiger partial charge < -0.3 is 4.90 Å². The molecule has 0 N–H and O–H groups in total. The molecule has 6 nitrogen and oxygen atoms in total. The van der Waals surface area contributed by atoms with E-state index < -0.39 is 6.43 Å². The fourth-order valence-electron chi connectivity index (χ4n) is 5.58. The van der Waals surface area contributed by atoms with Crippen molar-refractivity contribution < 1.29 is 13.6 Å². The average Bonchev–Trinajstić information content (AvgIpc) is 3.51. The number of rotatable bonds is 8. The van der Waals surface area contributed by atoms with Crippen LogP contribution >= 0.6 is 11.3 Å². The molecule has 0 saturated carbocycles. The Morgan fingerprint density at radius 1 is 1.05 bits per heavy atom. The quantitative estimate of drug-likeness (QED) is 0.204. The second-order valence-corrected chi connectivity index (χ2v) is 11.9. The molecule has 43 heavy (non-hydrogen) atoms. The van der Waals surface area contributed by atoms with Gasteiger partial charge in [0.2, 0.25) is 0 Å². The number of allylic oxidation sites excluding steroid dienone is 1. The van der Waals surface area contributed by atoms with Crippen LogP contribution in [0.1, 0.15) is 86.3 Å². The number of thiazole rings is 1. The number of pyridine rings is 2. The van der Waals surface area contributed by atoms with Crippen LogP contribution < -0.4 is 5.56 Å². The third-order valence-corrected chi connectivity index (χ3v) is 8.64. The van der Waals surface area contributed by atoms with E-state index in [2.05, 4.69) is 18.8 Å². The van der Waals surface area contributed by atoms with Gasteiger partial charge in [0, 0.05) is 30.2 Å². The van der Waals surface area contributed by atoms with Crippen molar-refractivity contribution in [1.82, 2.24) is 19.4 Å². The van der Waals surface area contributed by atoms with Crippen LogP contribution in [0, 0.1) is 0 Å². The molecule has 0 aliphatic carbocycles. The Balaban J connectivity index is 1.78. The molecule has 4 aromatic rings. The molecule has 9 heteroatoms. The molecule has 1 aliphatic rings. The van der Waals surface area contributed by atoms with E-state index in [9.17, 15) is 18.4 Å². The first-order valence-corrected chi connectivity index (χ1v) is 15.7. The lowest BCUT2D eigenvalue weighted by molar-refractivity contribution is 0.0723. The van der Waals surface area contributed by atoms with Gasteiger partial charge in [-0.05, 0) is 81.4 Å². The number of carbonyl (C=O) groups is 1. The first kappa shape index (κ1) is 30.5. The van der Waals surface area contributed by atoms with Crippen LogP contribution in [-0.4, -0.2) is 38.4 Å². The Morgan fingerprint density at radius 2 is 1.74 bits per heavy atom. The molecule has 0 bridgehead atoms. The van der Waals surface area contributed by atoms with Crippen molar-refractivity contribution in [2.75, 3.05) is 13.1 Å². The molecule has 0 radical (unpaired) electrons. The number of piperidine rings is 1. The van der Waals surface area contributed by atoms with Gasteiger partial charge in [-0.15, -0.1) is 11.3 Å². The maximum absolute atomic E-state index is 14.6. The molecule has 4 heterocycles. The van der Waals surface area contributed by atoms with Crippen LogP contribution in [0.25, 0.3) is 33.6 Å². The van der Waals surface area contributed by atoms with Crippen molar-refractivity contribution >= 4 is 23.3 Å². The highest BCUT2D eigenvalue weighted by Gasteiger charge is 2.27. The van der Waals surface area contributed by atoms with Gasteiger partial charge in [-0.25, -0.2) is 13.8 Å². The maximum Gasteiger partial charge on any atom is 0.280 e. The Labute approximate surface area is 254 Å². The van der Waals surface area contributed by atoms with Gasteiger partial charge in [0.1, 0.15) is 10.7 Å². The molecular formula is C34H36F2N4O2S. The molecular weight excluding hydrogens is 566 g/mol. The molecule has 1 amide bonds. The van der Waals surface area contributed by atoms with E-state index in [-0.39, 0.29) is 17.2 Å². The molecule has 5 rings (SSSR count). The summed E-state index contributed by atoms with van der Waals surface area (Å²) in [6, 6.07) is 10.6. The van der Waals surface area contributed by atoms with Gasteiger partial charge in [-0.2, -0.15) is 0 Å². The Bertz CT molecular complexity index is 1690. The smallest absolute Gasteiger partial charge is 0.280 e. The number of amides is 1. The second-order valence-electron chi connectivity index (χ2n) is 11.0. The zero-order valence-electron chi connectivity index (χ0n) is 25.0. The molecule has 0 unspecified atom stereocenters. The highest BCUT2D eigenvalue weighted by molar-refractivity contribution is 7.13. The number of aromatic nitrogens is 3. The molecule has 1 fully saturated rings. The summed E-state index contributed by atoms with van der Waals surface area (Å²) >= 11 is 1.28. The molecule has 1 aliphatic heterocycles. The van der Waals surface area contributed by atoms with Crippen molar-refractivity contribution in [3.8, 4) is 27.5 Å². The van der Waals surface area contributed by atoms with Crippen molar-refractivity contribution in [2.45, 2.75) is 66.2 Å². The van der Waals surface area contributed by atoms with Gasteiger partial charge in [0.15, 0.2) is 0 Å². The SMILES string of the molecule is CCc1cccc(CC)c1-n1c(C=C(C)C)c(C(=O)N2CCCCC2)cc(-c2nc(-c3ccc(C(F)F)nc3)cs2)c1=O. The monoisotopic (exact) mass is 602 g/mol. The average molecular weight is 603 g/mol. The molecule has 1 aromatic carbocycles. The topological polar surface area (TPSA) is 68.1 Å². The lowest BCUT2D eigenvalue weighted by atomic mass is 9.99. The molecule has 0 spiro atoms. The molecule has 224 valence electrons. The predicted octanol–water partition coefficient (Wildman–Crippen LogP) is 8.13. The summed E-state index contributed by atoms with van der Waals surface area (Å²) in [7, 11) is 0. The summed E-state index contributed by atoms with van der Waals surface area (Å²) in [5.74, 6) is -0.0993. The molecule has 1 saturated heterocycles. The summed E-state index contributed by atoms with van der Waals surface area (Å²) in [5, 5.41) is 2.24. The Kier molecular flexibility index (Phi) is 9.30. The summed E-state index contributed by atoms with van der Waals surface area (Å²) in [4.78, 5) is 39.3. The number of hydrogen-bond acceptors (Lipinski definition) is 5. The second kappa shape index (κ2) is 13.1. The van der Waals surface area contributed by atoms with E-state index in [0.717, 1.165) is 41.6 Å². The number of hydrogen-bond donors (Lipinski definition) is 0. The number of likely N-dealkylation sites (tertiary alicyclic amines) is 1. The normalized spacial score (nSPS) is 13.4. The predicted molar refractivity (Wildman–Crippen MR) is 169 cm³/mol. The lowest BCUT2D eigenvalue weighted by Gasteiger charge is -2.28. The van der Waals surface area contributed by atoms with Crippen LogP contribution in [0.15, 0.2) is 58.3 Å². The largest absolute Gasteiger partial charge is 0.339 e. The van der Waals surface area contributed by atoms with Crippen molar-refractivity contribution in [2.24, 2.45) is 0 Å². The van der Waals surface area contributed by atoms with Crippen molar-refractivity contribution in [1.29, 1.82) is 0 Å². The highest BCUT2D eigenvalue weighted by atomic mass is 32.1. The standard InChI is InChI=1S/C34H36F2N4O2S/c1-5-22-11-10-12-23(6-2)30(22)40-29(17-21(3)4)25(33(41)39-15-8-7-9-16-39)18-26(34(40)42)32-38-28(20-43-32)24-13-14-27(31(35)36)37-19-24/h10-14,17-20,31H,5-9,15-16H2,1-4H3. The Morgan fingerprint density at radius 3 is 2.33 bits per heavy atom. The van der Waals surface area contributed by atoms with Crippen LogP contribution in [0.3, 0.4) is 0 Å². The summed E-state index contributed by atoms with van der Waals surface area (Å²) in [5.41, 5.74) is 5.71. The van der Waals surface area contributed by atoms with Gasteiger partial charge in [0.05, 0.1) is 28.2 Å². The summed E-state index contributed by atoms with van der Waals surface area (Å²) in [6.45, 7) is 9.41. The zero-order valence-corrected chi connectivity index (χ0v) is 25.8. The van der Waals surface area contributed by atoms with Crippen LogP contribution in [0.4, 0.5) is 8.78 Å². The number of benzene rings is 1. The number of alkyl halides is 2. The number of aryl methyl sites for hydroxylation is 2. The van der Waals surface area contributed by atoms with E-state index in [1.165, 1.54) is 23.6 Å². The minimum Gasteiger partial charge on any atom is -0.339 e. The van der Waals surface area contributed by atoms with E-state index in [4.69, 9.17) is 4.98 Å². The number of para-hydroxylation sites is 1. The van der Waals surface area contributed by atoms with Crippen LogP contribution in [0.2, 0.25) is 0 Å². The first-order chi connectivity index (χ1) is 20.7. The third kappa shape index (κ3) is 6.22. The van der Waals surface area contributed by atoms with Gasteiger partial charge >= 0.3 is 0 Å². The van der Waals surface area contributed by atoms with Gasteiger partial charge in [0.25, 0.3) is 17.9 Å². The maximum atomic E-state index is 14.6. The van der Waals surface area contributed by atoms with E-state index in [0.29, 0.717) is 59.0 Å². The van der Waals surface area contributed by atoms with Gasteiger partial charge in [-0.3, -0.25) is 19.1 Å². The lowest BCUT2D eigenvalue weighted by Crippen LogP contribution is -2.37. The van der Waals surface area contributed by atoms with E-state index >= 15 is 0 Å². The van der Waals surface area contributed by atoms with Gasteiger partial charge in [-0.1, -0.05) is 37.6 Å². The van der Waals surface area contributed by atoms with E-state index in [1.807, 2.05) is 43.0 Å². The van der Waals surface area contributed by atoms with Crippen molar-refractivity contribution in [3.63, 3.8) is 0 Å². The molecule has 3 aromatic heterocycles. The fourth-order valence-corrected chi connectivity index (χ4v) is 6.41. The van der Waals surface area contributed by atoms with Crippen LogP contribution in [0.5, 0.6) is 0 Å². The number of nitrogens with zero attached hydrogens (tertiary/aromatic N) is 4. The minimum absolute atomic E-state index is 0.0993. The Hall–Kier alpha value is -3.98. The number of halogens is 2. The van der Waals surface area contributed by atoms with Crippen LogP contribution in [-0.2, 0) is 12.8 Å². The fraction of sp³-hybridized carbons (Fsp3) is 0.353. The summed E-state index contributed by atoms with van der Waals surface area (Å²) < 4.78 is 27.8. The summed E-state index contributed by atoms with van der Waals surface area (Å²) in [6.07, 6.45) is 5.05. The third-order valence-electron chi connectivity index (χ3n) is 7.77. The van der Waals surface area contributed by atoms with E-state index in [1.54, 1.807) is 22.1 Å². The van der Waals surface area contributed by atoms with Crippen molar-refractivity contribution in [3.05, 3.63) is 92.0 Å². The minimum atomic E-state index is -2.66. The number of carbonyl (C=O) groups excluding carboxylic acids is 1. The first-order valence-electron chi connectivity index (χ1n) is 14.8.